The van der Waals surface area contributed by atoms with E-state index in [0.717, 1.165) is 10.2 Å². The van der Waals surface area contributed by atoms with Gasteiger partial charge in [-0.05, 0) is 40.8 Å². The maximum Gasteiger partial charge on any atom is 0.138 e. The molecule has 0 unspecified atom stereocenters. The van der Waals surface area contributed by atoms with Gasteiger partial charge in [0.05, 0.1) is 22.1 Å². The van der Waals surface area contributed by atoms with Crippen LogP contribution < -0.4 is 15.8 Å². The number of anilines is 3. The second kappa shape index (κ2) is 5.96. The molecule has 3 nitrogen and oxygen atoms in total. The predicted molar refractivity (Wildman–Crippen MR) is 87.5 cm³/mol. The van der Waals surface area contributed by atoms with Crippen LogP contribution in [0.25, 0.3) is 0 Å². The predicted octanol–water partition coefficient (Wildman–Crippen LogP) is 4.53. The number of halogens is 3. The van der Waals surface area contributed by atoms with Crippen molar-refractivity contribution < 1.29 is 9.13 Å². The minimum atomic E-state index is -0.306. The third-order valence-corrected chi connectivity index (χ3v) is 3.76. The summed E-state index contributed by atoms with van der Waals surface area (Å²) >= 11 is 5.29. The number of hydrogen-bond donors (Lipinski definition) is 2. The van der Waals surface area contributed by atoms with Crippen LogP contribution in [0, 0.1) is 9.39 Å². The van der Waals surface area contributed by atoms with E-state index in [2.05, 4.69) is 21.2 Å². The topological polar surface area (TPSA) is 47.3 Å². The van der Waals surface area contributed by atoms with E-state index in [1.165, 1.54) is 6.07 Å². The van der Waals surface area contributed by atoms with Crippen LogP contribution in [0.4, 0.5) is 21.5 Å². The number of ether oxygens (including phenoxy) is 1. The minimum absolute atomic E-state index is 0.306. The normalized spacial score (nSPS) is 10.3. The van der Waals surface area contributed by atoms with Gasteiger partial charge in [0.25, 0.3) is 0 Å². The molecular formula is C13H11BrFIN2O. The SMILES string of the molecule is COc1cc(Br)cc(Nc2cc(F)c(I)cc2N)c1. The molecule has 0 amide bonds. The highest BCUT2D eigenvalue weighted by Crippen LogP contribution is 2.30. The minimum Gasteiger partial charge on any atom is -0.497 e. The molecule has 0 bridgehead atoms. The molecule has 0 aliphatic carbocycles. The van der Waals surface area contributed by atoms with Crippen LogP contribution in [-0.2, 0) is 0 Å². The largest absolute Gasteiger partial charge is 0.497 e. The first-order chi connectivity index (χ1) is 8.99. The first-order valence-corrected chi connectivity index (χ1v) is 7.23. The lowest BCUT2D eigenvalue weighted by atomic mass is 10.2. The zero-order valence-electron chi connectivity index (χ0n) is 10.0. The second-order valence-electron chi connectivity index (χ2n) is 3.86. The van der Waals surface area contributed by atoms with Crippen LogP contribution >= 0.6 is 38.5 Å². The Bertz CT molecular complexity index is 622. The molecule has 0 heterocycles. The van der Waals surface area contributed by atoms with Crippen LogP contribution in [0.2, 0.25) is 0 Å². The zero-order valence-corrected chi connectivity index (χ0v) is 13.7. The van der Waals surface area contributed by atoms with Gasteiger partial charge in [-0.25, -0.2) is 4.39 Å². The quantitative estimate of drug-likeness (QED) is 0.549. The molecule has 2 aromatic carbocycles. The Labute approximate surface area is 132 Å². The van der Waals surface area contributed by atoms with Gasteiger partial charge >= 0.3 is 0 Å². The van der Waals surface area contributed by atoms with Crippen LogP contribution in [0.1, 0.15) is 0 Å². The van der Waals surface area contributed by atoms with E-state index < -0.39 is 0 Å². The third kappa shape index (κ3) is 3.50. The van der Waals surface area contributed by atoms with E-state index in [0.29, 0.717) is 20.7 Å². The van der Waals surface area contributed by atoms with Crippen molar-refractivity contribution in [2.45, 2.75) is 0 Å². The van der Waals surface area contributed by atoms with Gasteiger partial charge in [-0.1, -0.05) is 15.9 Å². The fourth-order valence-corrected chi connectivity index (χ4v) is 2.54. The van der Waals surface area contributed by atoms with Gasteiger partial charge in [0, 0.05) is 22.3 Å². The van der Waals surface area contributed by atoms with Crippen molar-refractivity contribution in [1.82, 2.24) is 0 Å². The standard InChI is InChI=1S/C13H11BrFIN2O/c1-19-9-3-7(14)2-8(4-9)18-13-5-10(15)11(16)6-12(13)17/h2-6,18H,17H2,1H3. The van der Waals surface area contributed by atoms with Gasteiger partial charge in [-0.2, -0.15) is 0 Å². The molecule has 0 aromatic heterocycles. The lowest BCUT2D eigenvalue weighted by Gasteiger charge is -2.12. The molecular weight excluding hydrogens is 426 g/mol. The van der Waals surface area contributed by atoms with Crippen molar-refractivity contribution in [3.63, 3.8) is 0 Å². The second-order valence-corrected chi connectivity index (χ2v) is 5.94. The highest BCUT2D eigenvalue weighted by Gasteiger charge is 2.07. The number of nitrogen functional groups attached to an aromatic ring is 1. The maximum atomic E-state index is 13.5. The molecule has 0 atom stereocenters. The monoisotopic (exact) mass is 436 g/mol. The van der Waals surface area contributed by atoms with Crippen molar-refractivity contribution >= 4 is 55.6 Å². The third-order valence-electron chi connectivity index (χ3n) is 2.48. The Hall–Kier alpha value is -1.02. The number of nitrogens with one attached hydrogen (secondary N) is 1. The number of rotatable bonds is 3. The first-order valence-electron chi connectivity index (χ1n) is 5.35. The summed E-state index contributed by atoms with van der Waals surface area (Å²) in [5.41, 5.74) is 7.65. The Morgan fingerprint density at radius 3 is 2.68 bits per heavy atom. The van der Waals surface area contributed by atoms with Gasteiger partial charge in [0.2, 0.25) is 0 Å². The number of nitrogens with two attached hydrogens (primary N) is 1. The Balaban J connectivity index is 2.36. The number of methoxy groups -OCH3 is 1. The lowest BCUT2D eigenvalue weighted by molar-refractivity contribution is 0.415. The molecule has 3 N–H and O–H groups in total. The average Bonchev–Trinajstić information content (AvgIpc) is 2.35. The van der Waals surface area contributed by atoms with Crippen LogP contribution in [0.15, 0.2) is 34.8 Å². The Morgan fingerprint density at radius 2 is 2.00 bits per heavy atom. The molecule has 2 aromatic rings. The van der Waals surface area contributed by atoms with Crippen LogP contribution in [0.3, 0.4) is 0 Å². The Morgan fingerprint density at radius 1 is 1.26 bits per heavy atom. The Kier molecular flexibility index (Phi) is 4.51. The van der Waals surface area contributed by atoms with E-state index in [1.807, 2.05) is 34.7 Å². The van der Waals surface area contributed by atoms with Gasteiger partial charge in [0.1, 0.15) is 11.6 Å². The van der Waals surface area contributed by atoms with Gasteiger partial charge in [-0.15, -0.1) is 0 Å². The van der Waals surface area contributed by atoms with Crippen LogP contribution in [0.5, 0.6) is 5.75 Å². The average molecular weight is 437 g/mol. The highest BCUT2D eigenvalue weighted by molar-refractivity contribution is 14.1. The van der Waals surface area contributed by atoms with Gasteiger partial charge < -0.3 is 15.8 Å². The summed E-state index contributed by atoms with van der Waals surface area (Å²) in [4.78, 5) is 0. The van der Waals surface area contributed by atoms with Crippen molar-refractivity contribution in [3.8, 4) is 5.75 Å². The van der Waals surface area contributed by atoms with E-state index in [9.17, 15) is 4.39 Å². The summed E-state index contributed by atoms with van der Waals surface area (Å²) in [6.07, 6.45) is 0. The smallest absolute Gasteiger partial charge is 0.138 e. The molecule has 0 saturated carbocycles. The molecule has 0 saturated heterocycles. The van der Waals surface area contributed by atoms with Crippen LogP contribution in [-0.4, -0.2) is 7.11 Å². The number of hydrogen-bond acceptors (Lipinski definition) is 3. The fraction of sp³-hybridized carbons (Fsp3) is 0.0769. The highest BCUT2D eigenvalue weighted by atomic mass is 127. The lowest BCUT2D eigenvalue weighted by Crippen LogP contribution is -1.99. The fourth-order valence-electron chi connectivity index (χ4n) is 1.58. The molecule has 0 aliphatic rings. The summed E-state index contributed by atoms with van der Waals surface area (Å²) in [5, 5.41) is 3.08. The molecule has 2 rings (SSSR count). The number of benzene rings is 2. The maximum absolute atomic E-state index is 13.5. The first kappa shape index (κ1) is 14.4. The van der Waals surface area contributed by atoms with Crippen molar-refractivity contribution in [1.29, 1.82) is 0 Å². The summed E-state index contributed by atoms with van der Waals surface area (Å²) in [5.74, 6) is 0.390. The molecule has 0 fully saturated rings. The molecule has 0 radical (unpaired) electrons. The molecule has 0 aliphatic heterocycles. The summed E-state index contributed by atoms with van der Waals surface area (Å²) in [7, 11) is 1.59. The van der Waals surface area contributed by atoms with Crippen molar-refractivity contribution in [3.05, 3.63) is 44.2 Å². The van der Waals surface area contributed by atoms with E-state index in [4.69, 9.17) is 10.5 Å². The molecule has 0 spiro atoms. The molecule has 6 heteroatoms. The van der Waals surface area contributed by atoms with E-state index in [-0.39, 0.29) is 5.82 Å². The van der Waals surface area contributed by atoms with E-state index in [1.54, 1.807) is 19.2 Å². The van der Waals surface area contributed by atoms with Gasteiger partial charge in [0.15, 0.2) is 0 Å². The zero-order chi connectivity index (χ0) is 14.0. The summed E-state index contributed by atoms with van der Waals surface area (Å²) < 4.78 is 20.1. The summed E-state index contributed by atoms with van der Waals surface area (Å²) in [6, 6.07) is 8.47. The van der Waals surface area contributed by atoms with Crippen molar-refractivity contribution in [2.75, 3.05) is 18.2 Å². The molecule has 100 valence electrons. The summed E-state index contributed by atoms with van der Waals surface area (Å²) in [6.45, 7) is 0. The molecule has 19 heavy (non-hydrogen) atoms. The van der Waals surface area contributed by atoms with Crippen molar-refractivity contribution in [2.24, 2.45) is 0 Å². The van der Waals surface area contributed by atoms with Gasteiger partial charge in [-0.3, -0.25) is 0 Å². The van der Waals surface area contributed by atoms with E-state index >= 15 is 0 Å².